The number of esters is 1. The predicted molar refractivity (Wildman–Crippen MR) is 91.1 cm³/mol. The highest BCUT2D eigenvalue weighted by Crippen LogP contribution is 2.27. The maximum Gasteiger partial charge on any atom is 0.336 e. The first-order chi connectivity index (χ1) is 12.3. The number of rotatable bonds is 6. The van der Waals surface area contributed by atoms with Crippen molar-refractivity contribution in [2.75, 3.05) is 7.11 Å². The smallest absolute Gasteiger partial charge is 0.336 e. The fourth-order valence-electron chi connectivity index (χ4n) is 2.23. The number of non-ortho nitro benzene ring substituents is 2. The van der Waals surface area contributed by atoms with Gasteiger partial charge in [0.2, 0.25) is 0 Å². The monoisotopic (exact) mass is 358 g/mol. The summed E-state index contributed by atoms with van der Waals surface area (Å²) in [6, 6.07) is 10.5. The van der Waals surface area contributed by atoms with Crippen LogP contribution in [0.25, 0.3) is 6.08 Å². The van der Waals surface area contributed by atoms with Gasteiger partial charge in [-0.25, -0.2) is 4.79 Å². The van der Waals surface area contributed by atoms with Crippen molar-refractivity contribution in [1.29, 1.82) is 0 Å². The van der Waals surface area contributed by atoms with Gasteiger partial charge in [-0.05, 0) is 29.3 Å². The summed E-state index contributed by atoms with van der Waals surface area (Å²) in [5, 5.41) is 32.0. The number of benzene rings is 2. The Morgan fingerprint density at radius 1 is 1.08 bits per heavy atom. The van der Waals surface area contributed by atoms with Gasteiger partial charge in [0.05, 0.1) is 22.5 Å². The number of methoxy groups -OCH3 is 1. The number of carbonyl (C=O) groups is 1. The van der Waals surface area contributed by atoms with E-state index in [-0.39, 0.29) is 22.5 Å². The van der Waals surface area contributed by atoms with Crippen LogP contribution in [-0.4, -0.2) is 28.0 Å². The molecular formula is C17H14N2O7. The molecule has 9 heteroatoms. The van der Waals surface area contributed by atoms with Crippen molar-refractivity contribution < 1.29 is 24.5 Å². The molecule has 1 atom stereocenters. The first-order valence-corrected chi connectivity index (χ1v) is 7.30. The topological polar surface area (TPSA) is 133 Å². The minimum atomic E-state index is -1.43. The highest BCUT2D eigenvalue weighted by Gasteiger charge is 2.22. The summed E-state index contributed by atoms with van der Waals surface area (Å²) in [5.74, 6) is -0.831. The van der Waals surface area contributed by atoms with Gasteiger partial charge in [-0.2, -0.15) is 0 Å². The van der Waals surface area contributed by atoms with E-state index in [0.29, 0.717) is 5.56 Å². The molecule has 0 amide bonds. The number of nitro benzene ring substituents is 2. The van der Waals surface area contributed by atoms with E-state index in [4.69, 9.17) is 0 Å². The van der Waals surface area contributed by atoms with E-state index in [2.05, 4.69) is 4.74 Å². The Bertz CT molecular complexity index is 875. The van der Waals surface area contributed by atoms with Crippen molar-refractivity contribution in [3.63, 3.8) is 0 Å². The Morgan fingerprint density at radius 3 is 2.23 bits per heavy atom. The van der Waals surface area contributed by atoms with E-state index in [1.54, 1.807) is 0 Å². The first kappa shape index (κ1) is 18.7. The minimum Gasteiger partial charge on any atom is -0.466 e. The van der Waals surface area contributed by atoms with Crippen molar-refractivity contribution in [3.05, 3.63) is 85.5 Å². The SMILES string of the molecule is COC(=O)/C(=C\c1cccc([N+](=O)[O-])c1)C(O)c1ccc([N+](=O)[O-])cc1. The van der Waals surface area contributed by atoms with Crippen LogP contribution in [-0.2, 0) is 9.53 Å². The van der Waals surface area contributed by atoms with E-state index in [0.717, 1.165) is 7.11 Å². The third-order valence-electron chi connectivity index (χ3n) is 3.54. The van der Waals surface area contributed by atoms with Crippen LogP contribution in [0.5, 0.6) is 0 Å². The van der Waals surface area contributed by atoms with Crippen LogP contribution in [0.1, 0.15) is 17.2 Å². The molecule has 9 nitrogen and oxygen atoms in total. The van der Waals surface area contributed by atoms with Crippen LogP contribution in [0, 0.1) is 20.2 Å². The lowest BCUT2D eigenvalue weighted by atomic mass is 9.99. The third kappa shape index (κ3) is 4.28. The number of ether oxygens (including phenoxy) is 1. The number of nitro groups is 2. The van der Waals surface area contributed by atoms with Crippen LogP contribution in [0.3, 0.4) is 0 Å². The number of nitrogens with zero attached hydrogens (tertiary/aromatic N) is 2. The van der Waals surface area contributed by atoms with Gasteiger partial charge in [0, 0.05) is 24.3 Å². The molecule has 0 saturated heterocycles. The molecule has 0 aromatic heterocycles. The Hall–Kier alpha value is -3.59. The van der Waals surface area contributed by atoms with Gasteiger partial charge in [-0.15, -0.1) is 0 Å². The first-order valence-electron chi connectivity index (χ1n) is 7.30. The standard InChI is InChI=1S/C17H14N2O7/c1-26-17(21)15(10-11-3-2-4-14(9-11)19(24)25)16(20)12-5-7-13(8-6-12)18(22)23/h2-10,16,20H,1H3/b15-10-. The van der Waals surface area contributed by atoms with E-state index >= 15 is 0 Å². The lowest BCUT2D eigenvalue weighted by molar-refractivity contribution is -0.385. The van der Waals surface area contributed by atoms with Crippen molar-refractivity contribution in [2.45, 2.75) is 6.10 Å². The maximum absolute atomic E-state index is 12.0. The second-order valence-electron chi connectivity index (χ2n) is 5.19. The molecule has 2 rings (SSSR count). The zero-order valence-electron chi connectivity index (χ0n) is 13.6. The molecule has 0 aliphatic carbocycles. The number of aliphatic hydroxyl groups excluding tert-OH is 1. The summed E-state index contributed by atoms with van der Waals surface area (Å²) >= 11 is 0. The normalized spacial score (nSPS) is 12.3. The molecule has 0 bridgehead atoms. The molecule has 0 aliphatic heterocycles. The number of aliphatic hydroxyl groups is 1. The van der Waals surface area contributed by atoms with E-state index < -0.39 is 21.9 Å². The molecule has 0 heterocycles. The van der Waals surface area contributed by atoms with Gasteiger partial charge in [0.15, 0.2) is 0 Å². The molecule has 0 radical (unpaired) electrons. The van der Waals surface area contributed by atoms with E-state index in [1.807, 2.05) is 0 Å². The van der Waals surface area contributed by atoms with Crippen molar-refractivity contribution >= 4 is 23.4 Å². The third-order valence-corrected chi connectivity index (χ3v) is 3.54. The summed E-state index contributed by atoms with van der Waals surface area (Å²) in [5.41, 5.74) is 0.0520. The predicted octanol–water partition coefficient (Wildman–Crippen LogP) is 2.79. The van der Waals surface area contributed by atoms with Crippen molar-refractivity contribution in [2.24, 2.45) is 0 Å². The number of hydrogen-bond acceptors (Lipinski definition) is 7. The van der Waals surface area contributed by atoms with Gasteiger partial charge in [-0.3, -0.25) is 20.2 Å². The second-order valence-corrected chi connectivity index (χ2v) is 5.19. The fraction of sp³-hybridized carbons (Fsp3) is 0.118. The molecule has 0 spiro atoms. The van der Waals surface area contributed by atoms with E-state index in [9.17, 15) is 30.1 Å². The molecule has 2 aromatic rings. The summed E-state index contributed by atoms with van der Waals surface area (Å²) < 4.78 is 4.66. The zero-order chi connectivity index (χ0) is 19.3. The van der Waals surface area contributed by atoms with Crippen LogP contribution in [0.2, 0.25) is 0 Å². The Balaban J connectivity index is 2.43. The lowest BCUT2D eigenvalue weighted by Gasteiger charge is -2.14. The summed E-state index contributed by atoms with van der Waals surface area (Å²) in [6.45, 7) is 0. The van der Waals surface area contributed by atoms with Crippen LogP contribution < -0.4 is 0 Å². The minimum absolute atomic E-state index is 0.164. The summed E-state index contributed by atoms with van der Waals surface area (Å²) in [7, 11) is 1.13. The fourth-order valence-corrected chi connectivity index (χ4v) is 2.23. The molecule has 134 valence electrons. The van der Waals surface area contributed by atoms with Gasteiger partial charge in [-0.1, -0.05) is 12.1 Å². The largest absolute Gasteiger partial charge is 0.466 e. The van der Waals surface area contributed by atoms with Crippen LogP contribution in [0.4, 0.5) is 11.4 Å². The highest BCUT2D eigenvalue weighted by molar-refractivity contribution is 5.95. The molecule has 0 fully saturated rings. The van der Waals surface area contributed by atoms with Crippen LogP contribution >= 0.6 is 0 Å². The number of hydrogen-bond donors (Lipinski definition) is 1. The summed E-state index contributed by atoms with van der Waals surface area (Å²) in [4.78, 5) is 32.4. The molecule has 1 N–H and O–H groups in total. The molecule has 26 heavy (non-hydrogen) atoms. The Labute approximate surface area is 147 Å². The molecule has 0 saturated carbocycles. The molecular weight excluding hydrogens is 344 g/mol. The molecule has 0 aliphatic rings. The quantitative estimate of drug-likeness (QED) is 0.363. The van der Waals surface area contributed by atoms with Crippen molar-refractivity contribution in [1.82, 2.24) is 0 Å². The molecule has 2 aromatic carbocycles. The van der Waals surface area contributed by atoms with E-state index in [1.165, 1.54) is 54.6 Å². The van der Waals surface area contributed by atoms with Gasteiger partial charge in [0.1, 0.15) is 6.10 Å². The lowest BCUT2D eigenvalue weighted by Crippen LogP contribution is -2.13. The van der Waals surface area contributed by atoms with Gasteiger partial charge >= 0.3 is 5.97 Å². The van der Waals surface area contributed by atoms with Gasteiger partial charge in [0.25, 0.3) is 11.4 Å². The Kier molecular flexibility index (Phi) is 5.76. The Morgan fingerprint density at radius 2 is 1.69 bits per heavy atom. The van der Waals surface area contributed by atoms with Gasteiger partial charge < -0.3 is 9.84 Å². The molecule has 1 unspecified atom stereocenters. The van der Waals surface area contributed by atoms with Crippen molar-refractivity contribution in [3.8, 4) is 0 Å². The average Bonchev–Trinajstić information content (AvgIpc) is 2.65. The zero-order valence-corrected chi connectivity index (χ0v) is 13.6. The average molecular weight is 358 g/mol. The summed E-state index contributed by atoms with van der Waals surface area (Å²) in [6.07, 6.45) is -0.159. The number of carbonyl (C=O) groups excluding carboxylic acids is 1. The van der Waals surface area contributed by atoms with Crippen LogP contribution in [0.15, 0.2) is 54.1 Å². The second kappa shape index (κ2) is 7.99. The maximum atomic E-state index is 12.0. The highest BCUT2D eigenvalue weighted by atomic mass is 16.6.